The third kappa shape index (κ3) is 3.14. The molecular weight excluding hydrogens is 310 g/mol. The highest BCUT2D eigenvalue weighted by atomic mass is 35.5. The van der Waals surface area contributed by atoms with Crippen LogP contribution in [0.2, 0.25) is 5.02 Å². The standard InChI is InChI=1S/C15H14ClNO3S/c16-11-2-1-10(13(17)7-11)9-21(18)12-3-4-14-15(8-12)20-6-5-19-14/h1-4,7-8H,5-6,9,17H2. The molecule has 3 rings (SSSR count). The van der Waals surface area contributed by atoms with Crippen molar-refractivity contribution in [3.8, 4) is 11.5 Å². The Kier molecular flexibility index (Phi) is 4.03. The topological polar surface area (TPSA) is 61.6 Å². The van der Waals surface area contributed by atoms with Crippen LogP contribution in [-0.4, -0.2) is 17.4 Å². The summed E-state index contributed by atoms with van der Waals surface area (Å²) in [6.07, 6.45) is 0. The fourth-order valence-corrected chi connectivity index (χ4v) is 3.44. The SMILES string of the molecule is Nc1cc(Cl)ccc1CS(=O)c1ccc2c(c1)OCCO2. The van der Waals surface area contributed by atoms with Gasteiger partial charge in [0.1, 0.15) is 13.2 Å². The van der Waals surface area contributed by atoms with E-state index in [-0.39, 0.29) is 0 Å². The number of hydrogen-bond acceptors (Lipinski definition) is 4. The van der Waals surface area contributed by atoms with E-state index in [1.807, 2.05) is 0 Å². The van der Waals surface area contributed by atoms with Crippen LogP contribution in [0.1, 0.15) is 5.56 Å². The molecule has 0 radical (unpaired) electrons. The molecule has 110 valence electrons. The molecule has 1 aliphatic rings. The Balaban J connectivity index is 1.82. The normalized spacial score (nSPS) is 14.7. The van der Waals surface area contributed by atoms with Crippen molar-refractivity contribution in [3.63, 3.8) is 0 Å². The summed E-state index contributed by atoms with van der Waals surface area (Å²) in [5.41, 5.74) is 7.26. The molecule has 0 saturated carbocycles. The lowest BCUT2D eigenvalue weighted by molar-refractivity contribution is 0.171. The lowest BCUT2D eigenvalue weighted by Gasteiger charge is -2.18. The lowest BCUT2D eigenvalue weighted by Crippen LogP contribution is -2.15. The molecule has 0 spiro atoms. The maximum atomic E-state index is 12.5. The van der Waals surface area contributed by atoms with Gasteiger partial charge in [-0.3, -0.25) is 4.21 Å². The van der Waals surface area contributed by atoms with Crippen molar-refractivity contribution >= 4 is 28.1 Å². The van der Waals surface area contributed by atoms with E-state index < -0.39 is 10.8 Å². The predicted molar refractivity (Wildman–Crippen MR) is 83.4 cm³/mol. The van der Waals surface area contributed by atoms with Gasteiger partial charge >= 0.3 is 0 Å². The molecule has 0 saturated heterocycles. The van der Waals surface area contributed by atoms with Gasteiger partial charge in [-0.25, -0.2) is 0 Å². The van der Waals surface area contributed by atoms with Crippen LogP contribution >= 0.6 is 11.6 Å². The maximum absolute atomic E-state index is 12.5. The second-order valence-corrected chi connectivity index (χ2v) is 6.53. The molecule has 0 aromatic heterocycles. The summed E-state index contributed by atoms with van der Waals surface area (Å²) in [7, 11) is -1.21. The molecule has 1 aliphatic heterocycles. The van der Waals surface area contributed by atoms with E-state index in [4.69, 9.17) is 26.8 Å². The molecule has 0 bridgehead atoms. The maximum Gasteiger partial charge on any atom is 0.162 e. The molecule has 2 aromatic carbocycles. The molecule has 2 aromatic rings. The van der Waals surface area contributed by atoms with Crippen LogP contribution < -0.4 is 15.2 Å². The minimum atomic E-state index is -1.21. The number of fused-ring (bicyclic) bond motifs is 1. The third-order valence-corrected chi connectivity index (χ3v) is 4.76. The number of hydrogen-bond donors (Lipinski definition) is 1. The molecule has 1 unspecified atom stereocenters. The summed E-state index contributed by atoms with van der Waals surface area (Å²) in [4.78, 5) is 0.689. The van der Waals surface area contributed by atoms with E-state index in [0.29, 0.717) is 46.1 Å². The summed E-state index contributed by atoms with van der Waals surface area (Å²) in [6, 6.07) is 10.5. The zero-order chi connectivity index (χ0) is 14.8. The second-order valence-electron chi connectivity index (χ2n) is 4.64. The Morgan fingerprint density at radius 1 is 1.10 bits per heavy atom. The van der Waals surface area contributed by atoms with Crippen LogP contribution in [0.4, 0.5) is 5.69 Å². The minimum absolute atomic E-state index is 0.336. The van der Waals surface area contributed by atoms with Crippen LogP contribution in [0.5, 0.6) is 11.5 Å². The fraction of sp³-hybridized carbons (Fsp3) is 0.200. The fourth-order valence-electron chi connectivity index (χ4n) is 2.09. The first-order valence-corrected chi connectivity index (χ1v) is 8.15. The van der Waals surface area contributed by atoms with Crippen LogP contribution in [0.3, 0.4) is 0 Å². The monoisotopic (exact) mass is 323 g/mol. The first-order valence-electron chi connectivity index (χ1n) is 6.45. The van der Waals surface area contributed by atoms with Gasteiger partial charge in [-0.2, -0.15) is 0 Å². The molecule has 6 heteroatoms. The van der Waals surface area contributed by atoms with Crippen LogP contribution in [0.25, 0.3) is 0 Å². The molecule has 1 atom stereocenters. The average Bonchev–Trinajstić information content (AvgIpc) is 2.49. The van der Waals surface area contributed by atoms with Crippen molar-refractivity contribution in [3.05, 3.63) is 47.0 Å². The lowest BCUT2D eigenvalue weighted by atomic mass is 10.2. The van der Waals surface area contributed by atoms with E-state index in [2.05, 4.69) is 0 Å². The molecule has 0 fully saturated rings. The number of nitrogen functional groups attached to an aromatic ring is 1. The highest BCUT2D eigenvalue weighted by Gasteiger charge is 2.15. The Hall–Kier alpha value is -1.72. The zero-order valence-corrected chi connectivity index (χ0v) is 12.7. The Morgan fingerprint density at radius 2 is 1.86 bits per heavy atom. The largest absolute Gasteiger partial charge is 0.486 e. The number of nitrogens with two attached hydrogens (primary N) is 1. The number of halogens is 1. The van der Waals surface area contributed by atoms with Gasteiger partial charge in [-0.05, 0) is 29.8 Å². The van der Waals surface area contributed by atoms with Crippen LogP contribution in [-0.2, 0) is 16.6 Å². The smallest absolute Gasteiger partial charge is 0.162 e. The molecule has 0 aliphatic carbocycles. The van der Waals surface area contributed by atoms with E-state index >= 15 is 0 Å². The summed E-state index contributed by atoms with van der Waals surface area (Å²) in [6.45, 7) is 1.05. The molecule has 0 amide bonds. The van der Waals surface area contributed by atoms with Crippen molar-refractivity contribution in [2.45, 2.75) is 10.6 Å². The Morgan fingerprint density at radius 3 is 2.62 bits per heavy atom. The molecule has 2 N–H and O–H groups in total. The summed E-state index contributed by atoms with van der Waals surface area (Å²) >= 11 is 5.86. The van der Waals surface area contributed by atoms with E-state index in [9.17, 15) is 4.21 Å². The number of benzene rings is 2. The van der Waals surface area contributed by atoms with E-state index in [0.717, 1.165) is 5.56 Å². The van der Waals surface area contributed by atoms with Crippen molar-refractivity contribution < 1.29 is 13.7 Å². The highest BCUT2D eigenvalue weighted by molar-refractivity contribution is 7.84. The van der Waals surface area contributed by atoms with Gasteiger partial charge in [0.2, 0.25) is 0 Å². The average molecular weight is 324 g/mol. The minimum Gasteiger partial charge on any atom is -0.486 e. The predicted octanol–water partition coefficient (Wildman–Crippen LogP) is 3.00. The van der Waals surface area contributed by atoms with E-state index in [1.165, 1.54) is 0 Å². The zero-order valence-electron chi connectivity index (χ0n) is 11.2. The number of rotatable bonds is 3. The van der Waals surface area contributed by atoms with Gasteiger partial charge in [-0.15, -0.1) is 0 Å². The van der Waals surface area contributed by atoms with Crippen LogP contribution in [0, 0.1) is 0 Å². The number of anilines is 1. The van der Waals surface area contributed by atoms with Gasteiger partial charge in [0.25, 0.3) is 0 Å². The van der Waals surface area contributed by atoms with Gasteiger partial charge in [0.05, 0.1) is 16.6 Å². The summed E-state index contributed by atoms with van der Waals surface area (Å²) in [5.74, 6) is 1.66. The Labute approximate surface area is 130 Å². The van der Waals surface area contributed by atoms with Gasteiger partial charge in [0.15, 0.2) is 11.5 Å². The second kappa shape index (κ2) is 5.95. The van der Waals surface area contributed by atoms with Crippen molar-refractivity contribution in [1.82, 2.24) is 0 Å². The first-order chi connectivity index (χ1) is 10.1. The quantitative estimate of drug-likeness (QED) is 0.882. The van der Waals surface area contributed by atoms with Gasteiger partial charge in [-0.1, -0.05) is 17.7 Å². The third-order valence-electron chi connectivity index (χ3n) is 3.17. The molecular formula is C15H14ClNO3S. The molecule has 21 heavy (non-hydrogen) atoms. The van der Waals surface area contributed by atoms with Crippen LogP contribution in [0.15, 0.2) is 41.3 Å². The number of ether oxygens (including phenoxy) is 2. The van der Waals surface area contributed by atoms with Crippen molar-refractivity contribution in [2.24, 2.45) is 0 Å². The highest BCUT2D eigenvalue weighted by Crippen LogP contribution is 2.32. The van der Waals surface area contributed by atoms with Gasteiger partial charge in [0, 0.05) is 21.7 Å². The van der Waals surface area contributed by atoms with Gasteiger partial charge < -0.3 is 15.2 Å². The van der Waals surface area contributed by atoms with Crippen molar-refractivity contribution in [2.75, 3.05) is 18.9 Å². The molecule has 4 nitrogen and oxygen atoms in total. The summed E-state index contributed by atoms with van der Waals surface area (Å²) in [5, 5.41) is 0.571. The summed E-state index contributed by atoms with van der Waals surface area (Å²) < 4.78 is 23.4. The van der Waals surface area contributed by atoms with E-state index in [1.54, 1.807) is 36.4 Å². The van der Waals surface area contributed by atoms with Crippen molar-refractivity contribution in [1.29, 1.82) is 0 Å². The Bertz CT molecular complexity index is 705. The first kappa shape index (κ1) is 14.2. The molecule has 1 heterocycles.